The molecule has 116 valence electrons. The van der Waals surface area contributed by atoms with Crippen LogP contribution >= 0.6 is 0 Å². The van der Waals surface area contributed by atoms with Crippen LogP contribution in [0.15, 0.2) is 24.3 Å². The van der Waals surface area contributed by atoms with E-state index in [0.29, 0.717) is 12.2 Å². The van der Waals surface area contributed by atoms with E-state index in [-0.39, 0.29) is 5.41 Å². The van der Waals surface area contributed by atoms with E-state index in [2.05, 4.69) is 55.5 Å². The van der Waals surface area contributed by atoms with E-state index in [4.69, 9.17) is 5.73 Å². The first-order valence-electron chi connectivity index (χ1n) is 7.60. The molecule has 0 unspecified atom stereocenters. The molecule has 0 radical (unpaired) electrons. The lowest BCUT2D eigenvalue weighted by Crippen LogP contribution is -2.26. The van der Waals surface area contributed by atoms with E-state index in [1.807, 2.05) is 4.68 Å². The third-order valence-corrected chi connectivity index (χ3v) is 4.14. The highest BCUT2D eigenvalue weighted by molar-refractivity contribution is 5.92. The van der Waals surface area contributed by atoms with Crippen LogP contribution in [-0.2, 0) is 18.4 Å². The number of primary amides is 1. The van der Waals surface area contributed by atoms with Crippen molar-refractivity contribution in [2.45, 2.75) is 39.2 Å². The van der Waals surface area contributed by atoms with Crippen LogP contribution in [0, 0.1) is 0 Å². The van der Waals surface area contributed by atoms with Crippen molar-refractivity contribution in [3.63, 3.8) is 0 Å². The molecule has 5 nitrogen and oxygen atoms in total. The standard InChI is InChI=1S/C17H22N4O/c1-17(2,3)11-4-6-12(7-5-11)21-14-8-9-19-10-13(14)15(20-21)16(18)22/h4-7,19H,8-10H2,1-3H3,(H2,18,22). The Bertz CT molecular complexity index is 707. The molecule has 1 aromatic carbocycles. The van der Waals surface area contributed by atoms with Gasteiger partial charge in [0.2, 0.25) is 0 Å². The molecule has 3 N–H and O–H groups in total. The maximum absolute atomic E-state index is 11.6. The highest BCUT2D eigenvalue weighted by Gasteiger charge is 2.24. The summed E-state index contributed by atoms with van der Waals surface area (Å²) in [5.41, 5.74) is 10.2. The number of nitrogens with zero attached hydrogens (tertiary/aromatic N) is 2. The average Bonchev–Trinajstić information content (AvgIpc) is 2.86. The maximum atomic E-state index is 11.6. The summed E-state index contributed by atoms with van der Waals surface area (Å²) >= 11 is 0. The Balaban J connectivity index is 2.07. The van der Waals surface area contributed by atoms with Crippen molar-refractivity contribution >= 4 is 5.91 Å². The minimum atomic E-state index is -0.468. The largest absolute Gasteiger partial charge is 0.364 e. The number of carbonyl (C=O) groups excluding carboxylic acids is 1. The number of aromatic nitrogens is 2. The molecule has 0 saturated heterocycles. The van der Waals surface area contributed by atoms with Crippen molar-refractivity contribution in [1.29, 1.82) is 0 Å². The fourth-order valence-corrected chi connectivity index (χ4v) is 2.86. The molecule has 0 fully saturated rings. The van der Waals surface area contributed by atoms with Crippen molar-refractivity contribution in [2.24, 2.45) is 5.73 Å². The summed E-state index contributed by atoms with van der Waals surface area (Å²) in [5, 5.41) is 7.72. The molecule has 2 heterocycles. The van der Waals surface area contributed by atoms with Crippen LogP contribution in [0.1, 0.15) is 48.1 Å². The average molecular weight is 298 g/mol. The third kappa shape index (κ3) is 2.52. The fourth-order valence-electron chi connectivity index (χ4n) is 2.86. The van der Waals surface area contributed by atoms with Crippen LogP contribution in [0.5, 0.6) is 0 Å². The number of rotatable bonds is 2. The number of benzene rings is 1. The number of amides is 1. The smallest absolute Gasteiger partial charge is 0.269 e. The molecule has 5 heteroatoms. The van der Waals surface area contributed by atoms with E-state index in [1.165, 1.54) is 5.56 Å². The number of nitrogens with two attached hydrogens (primary N) is 1. The fraction of sp³-hybridized carbons (Fsp3) is 0.412. The van der Waals surface area contributed by atoms with Crippen LogP contribution < -0.4 is 11.1 Å². The van der Waals surface area contributed by atoms with Crippen molar-refractivity contribution in [1.82, 2.24) is 15.1 Å². The summed E-state index contributed by atoms with van der Waals surface area (Å²) in [7, 11) is 0. The van der Waals surface area contributed by atoms with Gasteiger partial charge in [-0.1, -0.05) is 32.9 Å². The Morgan fingerprint density at radius 1 is 1.27 bits per heavy atom. The van der Waals surface area contributed by atoms with E-state index in [0.717, 1.165) is 29.9 Å². The summed E-state index contributed by atoms with van der Waals surface area (Å²) in [6.07, 6.45) is 0.844. The first-order chi connectivity index (χ1) is 10.4. The van der Waals surface area contributed by atoms with Crippen LogP contribution in [0.4, 0.5) is 0 Å². The van der Waals surface area contributed by atoms with Gasteiger partial charge in [-0.05, 0) is 23.1 Å². The number of nitrogens with one attached hydrogen (secondary N) is 1. The van der Waals surface area contributed by atoms with Crippen molar-refractivity contribution in [2.75, 3.05) is 6.54 Å². The van der Waals surface area contributed by atoms with Crippen molar-refractivity contribution in [3.8, 4) is 5.69 Å². The van der Waals surface area contributed by atoms with Crippen LogP contribution in [0.25, 0.3) is 5.69 Å². The summed E-state index contributed by atoms with van der Waals surface area (Å²) in [6.45, 7) is 8.10. The molecule has 1 aliphatic rings. The van der Waals surface area contributed by atoms with Gasteiger partial charge in [0.05, 0.1) is 11.4 Å². The van der Waals surface area contributed by atoms with Gasteiger partial charge in [-0.25, -0.2) is 4.68 Å². The lowest BCUT2D eigenvalue weighted by Gasteiger charge is -2.20. The van der Waals surface area contributed by atoms with Crippen molar-refractivity contribution in [3.05, 3.63) is 46.8 Å². The molecule has 2 aromatic rings. The Kier molecular flexibility index (Phi) is 3.53. The molecule has 0 aliphatic carbocycles. The molecule has 22 heavy (non-hydrogen) atoms. The molecule has 0 bridgehead atoms. The van der Waals surface area contributed by atoms with Gasteiger partial charge in [0.1, 0.15) is 0 Å². The zero-order chi connectivity index (χ0) is 15.9. The summed E-state index contributed by atoms with van der Waals surface area (Å²) in [4.78, 5) is 11.6. The normalized spacial score (nSPS) is 14.7. The molecule has 1 aromatic heterocycles. The Morgan fingerprint density at radius 2 is 1.95 bits per heavy atom. The third-order valence-electron chi connectivity index (χ3n) is 4.14. The second-order valence-corrected chi connectivity index (χ2v) is 6.77. The van der Waals surface area contributed by atoms with E-state index >= 15 is 0 Å². The van der Waals surface area contributed by atoms with Crippen LogP contribution in [0.3, 0.4) is 0 Å². The molecule has 1 amide bonds. The minimum absolute atomic E-state index is 0.115. The zero-order valence-electron chi connectivity index (χ0n) is 13.3. The lowest BCUT2D eigenvalue weighted by molar-refractivity contribution is 0.0994. The highest BCUT2D eigenvalue weighted by atomic mass is 16.1. The van der Waals surface area contributed by atoms with Gasteiger partial charge in [0.25, 0.3) is 5.91 Å². The summed E-state index contributed by atoms with van der Waals surface area (Å²) in [5.74, 6) is -0.468. The minimum Gasteiger partial charge on any atom is -0.364 e. The van der Waals surface area contributed by atoms with Crippen molar-refractivity contribution < 1.29 is 4.79 Å². The number of hydrogen-bond acceptors (Lipinski definition) is 3. The molecular weight excluding hydrogens is 276 g/mol. The molecular formula is C17H22N4O. The lowest BCUT2D eigenvalue weighted by atomic mass is 9.87. The van der Waals surface area contributed by atoms with E-state index in [1.54, 1.807) is 0 Å². The predicted octanol–water partition coefficient (Wildman–Crippen LogP) is 1.91. The maximum Gasteiger partial charge on any atom is 0.269 e. The van der Waals surface area contributed by atoms with Gasteiger partial charge in [-0.2, -0.15) is 5.10 Å². The van der Waals surface area contributed by atoms with E-state index < -0.39 is 5.91 Å². The second-order valence-electron chi connectivity index (χ2n) is 6.77. The molecule has 0 atom stereocenters. The molecule has 0 saturated carbocycles. The van der Waals surface area contributed by atoms with Gasteiger partial charge < -0.3 is 11.1 Å². The van der Waals surface area contributed by atoms with Gasteiger partial charge in [0, 0.05) is 25.1 Å². The Morgan fingerprint density at radius 3 is 2.55 bits per heavy atom. The zero-order valence-corrected chi connectivity index (χ0v) is 13.3. The molecule has 0 spiro atoms. The highest BCUT2D eigenvalue weighted by Crippen LogP contribution is 2.25. The first kappa shape index (κ1) is 14.8. The van der Waals surface area contributed by atoms with E-state index in [9.17, 15) is 4.79 Å². The molecule has 1 aliphatic heterocycles. The quantitative estimate of drug-likeness (QED) is 0.889. The second kappa shape index (κ2) is 5.25. The topological polar surface area (TPSA) is 72.9 Å². The van der Waals surface area contributed by atoms with Crippen LogP contribution in [0.2, 0.25) is 0 Å². The van der Waals surface area contributed by atoms with Gasteiger partial charge >= 0.3 is 0 Å². The van der Waals surface area contributed by atoms with Crippen LogP contribution in [-0.4, -0.2) is 22.2 Å². The van der Waals surface area contributed by atoms with Gasteiger partial charge in [0.15, 0.2) is 5.69 Å². The Labute approximate surface area is 130 Å². The number of carbonyl (C=O) groups is 1. The predicted molar refractivity (Wildman–Crippen MR) is 86.2 cm³/mol. The summed E-state index contributed by atoms with van der Waals surface area (Å²) in [6, 6.07) is 8.35. The van der Waals surface area contributed by atoms with Gasteiger partial charge in [-0.15, -0.1) is 0 Å². The number of fused-ring (bicyclic) bond motifs is 1. The summed E-state index contributed by atoms with van der Waals surface area (Å²) < 4.78 is 1.86. The molecule has 3 rings (SSSR count). The van der Waals surface area contributed by atoms with Gasteiger partial charge in [-0.3, -0.25) is 4.79 Å². The first-order valence-corrected chi connectivity index (χ1v) is 7.60. The number of hydrogen-bond donors (Lipinski definition) is 2. The SMILES string of the molecule is CC(C)(C)c1ccc(-n2nc(C(N)=O)c3c2CCNC3)cc1. The Hall–Kier alpha value is -2.14. The monoisotopic (exact) mass is 298 g/mol.